The van der Waals surface area contributed by atoms with Crippen molar-refractivity contribution in [2.75, 3.05) is 0 Å². The van der Waals surface area contributed by atoms with E-state index in [4.69, 9.17) is 11.6 Å². The van der Waals surface area contributed by atoms with E-state index < -0.39 is 0 Å². The van der Waals surface area contributed by atoms with Crippen LogP contribution in [0.2, 0.25) is 5.02 Å². The molecular formula is C15H9BrClN. The summed E-state index contributed by atoms with van der Waals surface area (Å²) in [4.78, 5) is 4.56. The SMILES string of the molecule is Clc1ccc(-c2cccc3ccc(Br)nc23)cc1. The molecule has 88 valence electrons. The Hall–Kier alpha value is -1.38. The van der Waals surface area contributed by atoms with E-state index in [2.05, 4.69) is 39.1 Å². The van der Waals surface area contributed by atoms with Gasteiger partial charge in [0, 0.05) is 16.0 Å². The van der Waals surface area contributed by atoms with Gasteiger partial charge < -0.3 is 0 Å². The lowest BCUT2D eigenvalue weighted by molar-refractivity contribution is 1.35. The maximum Gasteiger partial charge on any atom is 0.106 e. The van der Waals surface area contributed by atoms with E-state index in [1.165, 1.54) is 0 Å². The number of pyridine rings is 1. The highest BCUT2D eigenvalue weighted by Crippen LogP contribution is 2.29. The van der Waals surface area contributed by atoms with Crippen LogP contribution in [0.25, 0.3) is 22.0 Å². The summed E-state index contributed by atoms with van der Waals surface area (Å²) in [5.41, 5.74) is 3.23. The Morgan fingerprint density at radius 3 is 2.44 bits per heavy atom. The fourth-order valence-electron chi connectivity index (χ4n) is 1.99. The van der Waals surface area contributed by atoms with Crippen molar-refractivity contribution in [3.05, 3.63) is 64.2 Å². The smallest absolute Gasteiger partial charge is 0.106 e. The highest BCUT2D eigenvalue weighted by atomic mass is 79.9. The molecule has 3 heteroatoms. The quantitative estimate of drug-likeness (QED) is 0.553. The first-order valence-electron chi connectivity index (χ1n) is 5.55. The van der Waals surface area contributed by atoms with E-state index in [0.717, 1.165) is 31.7 Å². The van der Waals surface area contributed by atoms with Crippen LogP contribution >= 0.6 is 27.5 Å². The Morgan fingerprint density at radius 1 is 0.889 bits per heavy atom. The lowest BCUT2D eigenvalue weighted by atomic mass is 10.0. The number of benzene rings is 2. The van der Waals surface area contributed by atoms with Crippen LogP contribution in [0.15, 0.2) is 59.2 Å². The molecule has 3 aromatic rings. The van der Waals surface area contributed by atoms with Gasteiger partial charge in [-0.05, 0) is 39.7 Å². The Kier molecular flexibility index (Phi) is 3.06. The molecule has 0 aliphatic carbocycles. The monoisotopic (exact) mass is 317 g/mol. The Morgan fingerprint density at radius 2 is 1.67 bits per heavy atom. The van der Waals surface area contributed by atoms with Crippen molar-refractivity contribution >= 4 is 38.4 Å². The summed E-state index contributed by atoms with van der Waals surface area (Å²) in [6, 6.07) is 18.0. The summed E-state index contributed by atoms with van der Waals surface area (Å²) in [6.07, 6.45) is 0. The zero-order valence-electron chi connectivity index (χ0n) is 9.40. The third-order valence-corrected chi connectivity index (χ3v) is 3.54. The first-order chi connectivity index (χ1) is 8.74. The van der Waals surface area contributed by atoms with Gasteiger partial charge in [-0.15, -0.1) is 0 Å². The van der Waals surface area contributed by atoms with Gasteiger partial charge in [0.05, 0.1) is 5.52 Å². The summed E-state index contributed by atoms with van der Waals surface area (Å²) in [5, 5.41) is 1.87. The molecule has 0 N–H and O–H groups in total. The molecule has 0 saturated heterocycles. The molecule has 3 rings (SSSR count). The van der Waals surface area contributed by atoms with E-state index >= 15 is 0 Å². The molecular weight excluding hydrogens is 310 g/mol. The third kappa shape index (κ3) is 2.14. The molecule has 0 aliphatic rings. The number of fused-ring (bicyclic) bond motifs is 1. The van der Waals surface area contributed by atoms with Crippen LogP contribution in [0.4, 0.5) is 0 Å². The fourth-order valence-corrected chi connectivity index (χ4v) is 2.42. The Bertz CT molecular complexity index is 707. The van der Waals surface area contributed by atoms with Crippen molar-refractivity contribution in [1.29, 1.82) is 0 Å². The van der Waals surface area contributed by atoms with E-state index in [-0.39, 0.29) is 0 Å². The second-order valence-electron chi connectivity index (χ2n) is 4.02. The first kappa shape index (κ1) is 11.7. The Balaban J connectivity index is 2.28. The number of nitrogens with zero attached hydrogens (tertiary/aromatic N) is 1. The van der Waals surface area contributed by atoms with Crippen molar-refractivity contribution in [2.24, 2.45) is 0 Å². The number of rotatable bonds is 1. The second kappa shape index (κ2) is 4.71. The number of hydrogen-bond acceptors (Lipinski definition) is 1. The molecule has 0 unspecified atom stereocenters. The van der Waals surface area contributed by atoms with Gasteiger partial charge in [0.15, 0.2) is 0 Å². The molecule has 0 radical (unpaired) electrons. The highest BCUT2D eigenvalue weighted by Gasteiger charge is 2.05. The van der Waals surface area contributed by atoms with Crippen molar-refractivity contribution in [2.45, 2.75) is 0 Å². The molecule has 0 spiro atoms. The normalized spacial score (nSPS) is 10.8. The summed E-state index contributed by atoms with van der Waals surface area (Å²) < 4.78 is 0.844. The van der Waals surface area contributed by atoms with Crippen LogP contribution < -0.4 is 0 Å². The number of para-hydroxylation sites is 1. The van der Waals surface area contributed by atoms with Crippen LogP contribution in [-0.2, 0) is 0 Å². The standard InChI is InChI=1S/C15H9BrClN/c16-14-9-6-11-2-1-3-13(15(11)18-14)10-4-7-12(17)8-5-10/h1-9H. The minimum Gasteiger partial charge on any atom is -0.240 e. The van der Waals surface area contributed by atoms with Crippen molar-refractivity contribution in [1.82, 2.24) is 4.98 Å². The van der Waals surface area contributed by atoms with E-state index in [9.17, 15) is 0 Å². The van der Waals surface area contributed by atoms with Crippen LogP contribution in [0.3, 0.4) is 0 Å². The van der Waals surface area contributed by atoms with Crippen molar-refractivity contribution in [3.8, 4) is 11.1 Å². The molecule has 0 aliphatic heterocycles. The average Bonchev–Trinajstić information content (AvgIpc) is 2.39. The number of aromatic nitrogens is 1. The molecule has 1 heterocycles. The molecule has 0 bridgehead atoms. The minimum atomic E-state index is 0.744. The van der Waals surface area contributed by atoms with Gasteiger partial charge in [0.2, 0.25) is 0 Å². The maximum atomic E-state index is 5.92. The van der Waals surface area contributed by atoms with Gasteiger partial charge in [0.25, 0.3) is 0 Å². The summed E-state index contributed by atoms with van der Waals surface area (Å²) in [7, 11) is 0. The van der Waals surface area contributed by atoms with Gasteiger partial charge in [-0.2, -0.15) is 0 Å². The highest BCUT2D eigenvalue weighted by molar-refractivity contribution is 9.10. The van der Waals surface area contributed by atoms with Gasteiger partial charge >= 0.3 is 0 Å². The van der Waals surface area contributed by atoms with Gasteiger partial charge in [-0.3, -0.25) is 0 Å². The zero-order valence-corrected chi connectivity index (χ0v) is 11.7. The summed E-state index contributed by atoms with van der Waals surface area (Å²) in [6.45, 7) is 0. The molecule has 1 aromatic heterocycles. The van der Waals surface area contributed by atoms with Crippen LogP contribution in [-0.4, -0.2) is 4.98 Å². The van der Waals surface area contributed by atoms with Crippen LogP contribution in [0.1, 0.15) is 0 Å². The van der Waals surface area contributed by atoms with E-state index in [1.807, 2.05) is 36.4 Å². The Labute approximate surface area is 119 Å². The molecule has 0 atom stereocenters. The molecule has 1 nitrogen and oxygen atoms in total. The first-order valence-corrected chi connectivity index (χ1v) is 6.72. The summed E-state index contributed by atoms with van der Waals surface area (Å²) in [5.74, 6) is 0. The van der Waals surface area contributed by atoms with Crippen molar-refractivity contribution in [3.63, 3.8) is 0 Å². The van der Waals surface area contributed by atoms with Crippen LogP contribution in [0, 0.1) is 0 Å². The second-order valence-corrected chi connectivity index (χ2v) is 5.27. The number of hydrogen-bond donors (Lipinski definition) is 0. The topological polar surface area (TPSA) is 12.9 Å². The average molecular weight is 319 g/mol. The molecule has 2 aromatic carbocycles. The van der Waals surface area contributed by atoms with Gasteiger partial charge in [-0.1, -0.05) is 48.0 Å². The van der Waals surface area contributed by atoms with Gasteiger partial charge in [-0.25, -0.2) is 4.98 Å². The van der Waals surface area contributed by atoms with E-state index in [0.29, 0.717) is 0 Å². The zero-order chi connectivity index (χ0) is 12.5. The predicted molar refractivity (Wildman–Crippen MR) is 79.9 cm³/mol. The minimum absolute atomic E-state index is 0.744. The van der Waals surface area contributed by atoms with E-state index in [1.54, 1.807) is 0 Å². The largest absolute Gasteiger partial charge is 0.240 e. The third-order valence-electron chi connectivity index (χ3n) is 2.84. The van der Waals surface area contributed by atoms with Crippen LogP contribution in [0.5, 0.6) is 0 Å². The molecule has 0 fully saturated rings. The molecule has 0 amide bonds. The lowest BCUT2D eigenvalue weighted by Gasteiger charge is -2.06. The molecule has 18 heavy (non-hydrogen) atoms. The summed E-state index contributed by atoms with van der Waals surface area (Å²) >= 11 is 9.34. The van der Waals surface area contributed by atoms with Gasteiger partial charge in [0.1, 0.15) is 4.60 Å². The van der Waals surface area contributed by atoms with Crippen molar-refractivity contribution < 1.29 is 0 Å². The number of halogens is 2. The molecule has 0 saturated carbocycles. The lowest BCUT2D eigenvalue weighted by Crippen LogP contribution is -1.85. The fraction of sp³-hybridized carbons (Fsp3) is 0. The maximum absolute atomic E-state index is 5.92. The predicted octanol–water partition coefficient (Wildman–Crippen LogP) is 5.32.